The van der Waals surface area contributed by atoms with E-state index in [2.05, 4.69) is 4.98 Å². The van der Waals surface area contributed by atoms with Crippen LogP contribution in [0.15, 0.2) is 22.8 Å². The molecule has 4 nitrogen and oxygen atoms in total. The van der Waals surface area contributed by atoms with Gasteiger partial charge in [-0.2, -0.15) is 0 Å². The van der Waals surface area contributed by atoms with Gasteiger partial charge in [-0.1, -0.05) is 11.6 Å². The minimum Gasteiger partial charge on any atom is -0.495 e. The van der Waals surface area contributed by atoms with Gasteiger partial charge in [0, 0.05) is 5.56 Å². The Labute approximate surface area is 104 Å². The Balaban J connectivity index is 2.48. The summed E-state index contributed by atoms with van der Waals surface area (Å²) >= 11 is 6.08. The molecule has 0 unspecified atom stereocenters. The van der Waals surface area contributed by atoms with Gasteiger partial charge in [0.2, 0.25) is 5.89 Å². The maximum Gasteiger partial charge on any atom is 0.208 e. The van der Waals surface area contributed by atoms with Crippen LogP contribution in [0.2, 0.25) is 5.02 Å². The molecule has 0 amide bonds. The number of halogens is 1. The first-order valence-corrected chi connectivity index (χ1v) is 5.52. The average Bonchev–Trinajstić information content (AvgIpc) is 2.80. The summed E-state index contributed by atoms with van der Waals surface area (Å²) in [6, 6.07) is 3.68. The van der Waals surface area contributed by atoms with E-state index in [-0.39, 0.29) is 6.54 Å². The van der Waals surface area contributed by atoms with Crippen molar-refractivity contribution in [3.05, 3.63) is 34.9 Å². The molecule has 0 bridgehead atoms. The van der Waals surface area contributed by atoms with Crippen LogP contribution in [0.1, 0.15) is 11.5 Å². The molecule has 0 aliphatic rings. The number of rotatable bonds is 3. The smallest absolute Gasteiger partial charge is 0.208 e. The lowest BCUT2D eigenvalue weighted by Gasteiger charge is -2.07. The molecular formula is C12H13ClN2O2. The lowest BCUT2D eigenvalue weighted by molar-refractivity contribution is 0.415. The first kappa shape index (κ1) is 12.0. The van der Waals surface area contributed by atoms with E-state index < -0.39 is 0 Å². The molecule has 0 saturated carbocycles. The van der Waals surface area contributed by atoms with Crippen molar-refractivity contribution in [3.63, 3.8) is 0 Å². The van der Waals surface area contributed by atoms with Crippen molar-refractivity contribution in [2.45, 2.75) is 13.5 Å². The van der Waals surface area contributed by atoms with Crippen LogP contribution >= 0.6 is 11.6 Å². The van der Waals surface area contributed by atoms with Gasteiger partial charge in [0.1, 0.15) is 17.7 Å². The zero-order valence-electron chi connectivity index (χ0n) is 9.66. The first-order valence-electron chi connectivity index (χ1n) is 5.14. The van der Waals surface area contributed by atoms with E-state index in [1.165, 1.54) is 0 Å². The lowest BCUT2D eigenvalue weighted by atomic mass is 10.1. The number of hydrogen-bond donors (Lipinski definition) is 1. The van der Waals surface area contributed by atoms with Gasteiger partial charge in [-0.3, -0.25) is 0 Å². The van der Waals surface area contributed by atoms with Crippen LogP contribution in [0.5, 0.6) is 5.75 Å². The van der Waals surface area contributed by atoms with Crippen molar-refractivity contribution >= 4 is 11.6 Å². The Morgan fingerprint density at radius 2 is 2.24 bits per heavy atom. The molecule has 2 rings (SSSR count). The Kier molecular flexibility index (Phi) is 3.36. The second kappa shape index (κ2) is 4.77. The van der Waals surface area contributed by atoms with E-state index in [4.69, 9.17) is 26.5 Å². The molecule has 90 valence electrons. The fraction of sp³-hybridized carbons (Fsp3) is 0.250. The van der Waals surface area contributed by atoms with E-state index in [1.54, 1.807) is 13.4 Å². The molecule has 0 saturated heterocycles. The van der Waals surface area contributed by atoms with Crippen molar-refractivity contribution in [2.24, 2.45) is 5.73 Å². The van der Waals surface area contributed by atoms with Gasteiger partial charge in [0.05, 0.1) is 18.7 Å². The third-order valence-corrected chi connectivity index (χ3v) is 2.80. The van der Waals surface area contributed by atoms with Crippen molar-refractivity contribution in [3.8, 4) is 17.0 Å². The molecule has 2 N–H and O–H groups in total. The molecule has 5 heteroatoms. The molecule has 0 aliphatic heterocycles. The Morgan fingerprint density at radius 3 is 2.82 bits per heavy atom. The van der Waals surface area contributed by atoms with Crippen molar-refractivity contribution < 1.29 is 9.15 Å². The van der Waals surface area contributed by atoms with Crippen LogP contribution in [0.3, 0.4) is 0 Å². The Hall–Kier alpha value is -1.52. The summed E-state index contributed by atoms with van der Waals surface area (Å²) in [5, 5.41) is 0.547. The summed E-state index contributed by atoms with van der Waals surface area (Å²) in [4.78, 5) is 4.27. The molecule has 0 atom stereocenters. The monoisotopic (exact) mass is 252 g/mol. The summed E-state index contributed by atoms with van der Waals surface area (Å²) in [6.07, 6.45) is 1.58. The summed E-state index contributed by atoms with van der Waals surface area (Å²) in [5.74, 6) is 1.15. The van der Waals surface area contributed by atoms with Crippen LogP contribution in [0, 0.1) is 6.92 Å². The molecular weight excluding hydrogens is 240 g/mol. The number of hydrogen-bond acceptors (Lipinski definition) is 4. The van der Waals surface area contributed by atoms with Crippen LogP contribution in [-0.2, 0) is 6.54 Å². The number of benzene rings is 1. The number of methoxy groups -OCH3 is 1. The normalized spacial score (nSPS) is 10.6. The van der Waals surface area contributed by atoms with E-state index >= 15 is 0 Å². The highest BCUT2D eigenvalue weighted by atomic mass is 35.5. The maximum atomic E-state index is 6.08. The molecule has 2 aromatic rings. The highest BCUT2D eigenvalue weighted by Gasteiger charge is 2.11. The fourth-order valence-corrected chi connectivity index (χ4v) is 1.86. The zero-order chi connectivity index (χ0) is 12.4. The molecule has 0 spiro atoms. The summed E-state index contributed by atoms with van der Waals surface area (Å²) in [5.41, 5.74) is 8.11. The average molecular weight is 253 g/mol. The fourth-order valence-electron chi connectivity index (χ4n) is 1.62. The number of oxazole rings is 1. The second-order valence-electron chi connectivity index (χ2n) is 3.63. The number of aromatic nitrogens is 1. The molecule has 1 heterocycles. The van der Waals surface area contributed by atoms with E-state index in [0.29, 0.717) is 16.7 Å². The number of nitrogens with zero attached hydrogens (tertiary/aromatic N) is 1. The molecule has 1 aromatic carbocycles. The van der Waals surface area contributed by atoms with Crippen molar-refractivity contribution in [1.29, 1.82) is 0 Å². The minimum atomic E-state index is 0.281. The summed E-state index contributed by atoms with van der Waals surface area (Å²) in [6.45, 7) is 2.24. The van der Waals surface area contributed by atoms with Crippen LogP contribution in [0.25, 0.3) is 11.3 Å². The van der Waals surface area contributed by atoms with Gasteiger partial charge in [-0.25, -0.2) is 4.98 Å². The van der Waals surface area contributed by atoms with Gasteiger partial charge in [-0.05, 0) is 24.6 Å². The van der Waals surface area contributed by atoms with Gasteiger partial charge in [0.15, 0.2) is 0 Å². The van der Waals surface area contributed by atoms with Gasteiger partial charge in [-0.15, -0.1) is 0 Å². The third-order valence-electron chi connectivity index (χ3n) is 2.50. The predicted octanol–water partition coefficient (Wildman–Crippen LogP) is 2.77. The zero-order valence-corrected chi connectivity index (χ0v) is 10.4. The lowest BCUT2D eigenvalue weighted by Crippen LogP contribution is -1.96. The van der Waals surface area contributed by atoms with Crippen molar-refractivity contribution in [1.82, 2.24) is 4.98 Å². The number of nitrogens with two attached hydrogens (primary N) is 1. The van der Waals surface area contributed by atoms with Crippen molar-refractivity contribution in [2.75, 3.05) is 7.11 Å². The van der Waals surface area contributed by atoms with E-state index in [9.17, 15) is 0 Å². The third kappa shape index (κ3) is 2.28. The SMILES string of the molecule is COc1cc(C)c(-c2coc(CN)n2)cc1Cl. The number of ether oxygens (including phenoxy) is 1. The number of aryl methyl sites for hydroxylation is 1. The topological polar surface area (TPSA) is 61.3 Å². The van der Waals surface area contributed by atoms with E-state index in [0.717, 1.165) is 16.8 Å². The predicted molar refractivity (Wildman–Crippen MR) is 66.1 cm³/mol. The molecule has 17 heavy (non-hydrogen) atoms. The van der Waals surface area contributed by atoms with Crippen LogP contribution in [0.4, 0.5) is 0 Å². The van der Waals surface area contributed by atoms with Gasteiger partial charge in [0.25, 0.3) is 0 Å². The molecule has 0 fully saturated rings. The van der Waals surface area contributed by atoms with Gasteiger partial charge >= 0.3 is 0 Å². The summed E-state index contributed by atoms with van der Waals surface area (Å²) < 4.78 is 10.4. The van der Waals surface area contributed by atoms with Gasteiger partial charge < -0.3 is 14.9 Å². The molecule has 1 aromatic heterocycles. The maximum absolute atomic E-state index is 6.08. The second-order valence-corrected chi connectivity index (χ2v) is 4.04. The highest BCUT2D eigenvalue weighted by molar-refractivity contribution is 6.32. The quantitative estimate of drug-likeness (QED) is 0.912. The first-order chi connectivity index (χ1) is 8.15. The minimum absolute atomic E-state index is 0.281. The largest absolute Gasteiger partial charge is 0.495 e. The highest BCUT2D eigenvalue weighted by Crippen LogP contribution is 2.32. The Morgan fingerprint density at radius 1 is 1.47 bits per heavy atom. The summed E-state index contributed by atoms with van der Waals surface area (Å²) in [7, 11) is 1.59. The standard InChI is InChI=1S/C12H13ClN2O2/c1-7-3-11(16-2)9(13)4-8(7)10-6-17-12(5-14)15-10/h3-4,6H,5,14H2,1-2H3. The Bertz CT molecular complexity index is 537. The van der Waals surface area contributed by atoms with Crippen LogP contribution in [-0.4, -0.2) is 12.1 Å². The van der Waals surface area contributed by atoms with E-state index in [1.807, 2.05) is 19.1 Å². The molecule has 0 radical (unpaired) electrons. The molecule has 0 aliphatic carbocycles. The van der Waals surface area contributed by atoms with Crippen LogP contribution < -0.4 is 10.5 Å².